The maximum absolute atomic E-state index is 13.9. The predicted molar refractivity (Wildman–Crippen MR) is 108 cm³/mol. The zero-order chi connectivity index (χ0) is 22.3. The van der Waals surface area contributed by atoms with E-state index in [0.29, 0.717) is 5.75 Å². The number of nitrogens with one attached hydrogen (secondary N) is 2. The van der Waals surface area contributed by atoms with Gasteiger partial charge in [-0.05, 0) is 48.3 Å². The van der Waals surface area contributed by atoms with Crippen LogP contribution in [0.15, 0.2) is 47.4 Å². The molecule has 3 N–H and O–H groups in total. The van der Waals surface area contributed by atoms with Crippen molar-refractivity contribution in [2.75, 3.05) is 18.6 Å². The molecule has 0 fully saturated rings. The first-order valence-corrected chi connectivity index (χ1v) is 11.7. The number of benzene rings is 2. The van der Waals surface area contributed by atoms with E-state index in [9.17, 15) is 31.5 Å². The second-order valence-electron chi connectivity index (χ2n) is 6.32. The monoisotopic (exact) mass is 462 g/mol. The van der Waals surface area contributed by atoms with Crippen LogP contribution in [0.1, 0.15) is 18.1 Å². The van der Waals surface area contributed by atoms with Gasteiger partial charge in [-0.1, -0.05) is 18.2 Å². The van der Waals surface area contributed by atoms with Crippen molar-refractivity contribution in [3.8, 4) is 0 Å². The Balaban J connectivity index is 2.09. The van der Waals surface area contributed by atoms with Gasteiger partial charge >= 0.3 is 0 Å². The van der Waals surface area contributed by atoms with Crippen molar-refractivity contribution in [1.29, 1.82) is 0 Å². The lowest BCUT2D eigenvalue weighted by Crippen LogP contribution is -2.48. The summed E-state index contributed by atoms with van der Waals surface area (Å²) in [7, 11) is -4.32. The molecular weight excluding hydrogens is 441 g/mol. The molecule has 0 spiro atoms. The fourth-order valence-electron chi connectivity index (χ4n) is 2.55. The Bertz CT molecular complexity index is 989. The summed E-state index contributed by atoms with van der Waals surface area (Å²) in [6, 6.07) is 6.36. The van der Waals surface area contributed by atoms with Crippen molar-refractivity contribution in [2.24, 2.45) is 0 Å². The summed E-state index contributed by atoms with van der Waals surface area (Å²) in [6.07, 6.45) is 0.545. The Hall–Kier alpha value is -2.08. The number of hydrogen-bond donors (Lipinski definition) is 3. The van der Waals surface area contributed by atoms with Crippen LogP contribution in [0.2, 0.25) is 0 Å². The molecule has 0 saturated carbocycles. The quantitative estimate of drug-likeness (QED) is 0.504. The number of carbonyl (C=O) groups excluding carboxylic acids is 1. The summed E-state index contributed by atoms with van der Waals surface area (Å²) in [4.78, 5) is 11.9. The molecule has 2 unspecified atom stereocenters. The second kappa shape index (κ2) is 10.8. The van der Waals surface area contributed by atoms with Crippen LogP contribution >= 0.6 is 11.8 Å². The number of amides is 1. The Morgan fingerprint density at radius 1 is 1.10 bits per heavy atom. The molecule has 6 nitrogen and oxygen atoms in total. The van der Waals surface area contributed by atoms with Gasteiger partial charge in [-0.15, -0.1) is 0 Å². The molecule has 30 heavy (non-hydrogen) atoms. The number of halogens is 3. The van der Waals surface area contributed by atoms with E-state index >= 15 is 0 Å². The molecule has 1 amide bonds. The lowest BCUT2D eigenvalue weighted by Gasteiger charge is -2.20. The van der Waals surface area contributed by atoms with E-state index in [1.165, 1.54) is 30.0 Å². The molecule has 0 aliphatic heterocycles. The number of aliphatic hydroxyl groups excluding tert-OH is 1. The molecule has 2 atom stereocenters. The lowest BCUT2D eigenvalue weighted by atomic mass is 10.1. The van der Waals surface area contributed by atoms with Crippen molar-refractivity contribution in [2.45, 2.75) is 23.5 Å². The number of thioether (sulfide) groups is 1. The summed E-state index contributed by atoms with van der Waals surface area (Å²) in [5.74, 6) is -3.49. The van der Waals surface area contributed by atoms with Gasteiger partial charge in [-0.25, -0.2) is 21.6 Å². The van der Waals surface area contributed by atoms with Crippen LogP contribution in [0.3, 0.4) is 0 Å². The van der Waals surface area contributed by atoms with Crippen molar-refractivity contribution in [3.63, 3.8) is 0 Å². The molecule has 0 aliphatic carbocycles. The molecule has 2 aromatic carbocycles. The smallest absolute Gasteiger partial charge is 0.244 e. The highest BCUT2D eigenvalue weighted by atomic mass is 32.2. The molecule has 164 valence electrons. The van der Waals surface area contributed by atoms with E-state index in [2.05, 4.69) is 10.0 Å². The van der Waals surface area contributed by atoms with Crippen LogP contribution in [-0.4, -0.2) is 44.0 Å². The van der Waals surface area contributed by atoms with E-state index in [1.54, 1.807) is 6.26 Å². The molecule has 0 saturated heterocycles. The molecule has 0 aliphatic rings. The molecular formula is C19H21F3N2O4S2. The summed E-state index contributed by atoms with van der Waals surface area (Å²) >= 11 is 1.38. The summed E-state index contributed by atoms with van der Waals surface area (Å²) in [5.41, 5.74) is 0.0433. The summed E-state index contributed by atoms with van der Waals surface area (Å²) < 4.78 is 67.4. The van der Waals surface area contributed by atoms with Gasteiger partial charge in [0, 0.05) is 6.54 Å². The van der Waals surface area contributed by atoms with E-state index in [0.717, 1.165) is 24.3 Å². The maximum Gasteiger partial charge on any atom is 0.244 e. The first-order valence-electron chi connectivity index (χ1n) is 8.82. The Kier molecular flexibility index (Phi) is 8.71. The van der Waals surface area contributed by atoms with Gasteiger partial charge in [0.1, 0.15) is 16.8 Å². The van der Waals surface area contributed by atoms with Gasteiger partial charge in [0.25, 0.3) is 0 Å². The third kappa shape index (κ3) is 6.46. The molecule has 0 radical (unpaired) electrons. The van der Waals surface area contributed by atoms with Crippen LogP contribution in [0, 0.1) is 17.5 Å². The highest BCUT2D eigenvalue weighted by Gasteiger charge is 2.27. The minimum Gasteiger partial charge on any atom is -0.387 e. The fourth-order valence-corrected chi connectivity index (χ4v) is 4.33. The Labute approximate surface area is 176 Å². The minimum absolute atomic E-state index is 0.0433. The van der Waals surface area contributed by atoms with Gasteiger partial charge in [0.2, 0.25) is 15.9 Å². The molecule has 2 rings (SSSR count). The summed E-state index contributed by atoms with van der Waals surface area (Å²) in [5, 5.41) is 12.5. The van der Waals surface area contributed by atoms with Crippen LogP contribution in [0.25, 0.3) is 0 Å². The van der Waals surface area contributed by atoms with E-state index in [1.807, 2.05) is 0 Å². The third-order valence-corrected chi connectivity index (χ3v) is 6.30. The van der Waals surface area contributed by atoms with E-state index < -0.39 is 50.4 Å². The minimum atomic E-state index is -4.32. The number of rotatable bonds is 10. The number of aliphatic hydroxyl groups is 1. The maximum atomic E-state index is 13.9. The van der Waals surface area contributed by atoms with Gasteiger partial charge < -0.3 is 10.4 Å². The SMILES string of the molecule is CSCCC(NS(=O)(=O)c1ccccc1F)C(=O)NCC(O)c1ccc(F)c(F)c1. The van der Waals surface area contributed by atoms with Crippen LogP contribution in [-0.2, 0) is 14.8 Å². The molecule has 0 aromatic heterocycles. The molecule has 2 aromatic rings. The van der Waals surface area contributed by atoms with Gasteiger partial charge in [-0.3, -0.25) is 4.79 Å². The molecule has 0 bridgehead atoms. The Morgan fingerprint density at radius 3 is 2.43 bits per heavy atom. The van der Waals surface area contributed by atoms with Crippen molar-refractivity contribution in [1.82, 2.24) is 10.0 Å². The standard InChI is InChI=1S/C19H21F3N2O4S2/c1-29-9-8-16(24-30(27,28)18-5-3-2-4-14(18)21)19(26)23-11-17(25)12-6-7-13(20)15(22)10-12/h2-7,10,16-17,24-25H,8-9,11H2,1H3,(H,23,26). The fraction of sp³-hybridized carbons (Fsp3) is 0.316. The molecule has 0 heterocycles. The van der Waals surface area contributed by atoms with Gasteiger partial charge in [-0.2, -0.15) is 16.5 Å². The predicted octanol–water partition coefficient (Wildman–Crippen LogP) is 2.35. The summed E-state index contributed by atoms with van der Waals surface area (Å²) in [6.45, 7) is -0.360. The average Bonchev–Trinajstić information content (AvgIpc) is 2.71. The van der Waals surface area contributed by atoms with Gasteiger partial charge in [0.05, 0.1) is 6.10 Å². The van der Waals surface area contributed by atoms with Crippen LogP contribution in [0.4, 0.5) is 13.2 Å². The van der Waals surface area contributed by atoms with E-state index in [4.69, 9.17) is 0 Å². The molecule has 11 heteroatoms. The first-order chi connectivity index (χ1) is 14.2. The first kappa shape index (κ1) is 24.2. The normalized spacial score (nSPS) is 13.6. The van der Waals surface area contributed by atoms with Crippen LogP contribution in [0.5, 0.6) is 0 Å². The zero-order valence-corrected chi connectivity index (χ0v) is 17.6. The number of carbonyl (C=O) groups is 1. The van der Waals surface area contributed by atoms with Crippen molar-refractivity contribution in [3.05, 3.63) is 65.5 Å². The lowest BCUT2D eigenvalue weighted by molar-refractivity contribution is -0.123. The largest absolute Gasteiger partial charge is 0.387 e. The number of hydrogen-bond acceptors (Lipinski definition) is 5. The number of sulfonamides is 1. The van der Waals surface area contributed by atoms with Crippen LogP contribution < -0.4 is 10.0 Å². The average molecular weight is 463 g/mol. The second-order valence-corrected chi connectivity index (χ2v) is 8.99. The highest BCUT2D eigenvalue weighted by Crippen LogP contribution is 2.17. The topological polar surface area (TPSA) is 95.5 Å². The Morgan fingerprint density at radius 2 is 1.80 bits per heavy atom. The third-order valence-electron chi connectivity index (χ3n) is 4.15. The zero-order valence-electron chi connectivity index (χ0n) is 15.9. The van der Waals surface area contributed by atoms with Gasteiger partial charge in [0.15, 0.2) is 11.6 Å². The van der Waals surface area contributed by atoms with Crippen molar-refractivity contribution >= 4 is 27.7 Å². The van der Waals surface area contributed by atoms with Crippen molar-refractivity contribution < 1.29 is 31.5 Å². The van der Waals surface area contributed by atoms with E-state index in [-0.39, 0.29) is 18.5 Å². The highest BCUT2D eigenvalue weighted by molar-refractivity contribution is 7.98.